The van der Waals surface area contributed by atoms with E-state index in [-0.39, 0.29) is 16.5 Å². The lowest BCUT2D eigenvalue weighted by atomic mass is 10.1. The molecule has 1 heterocycles. The monoisotopic (exact) mass is 253 g/mol. The van der Waals surface area contributed by atoms with E-state index in [0.717, 1.165) is 6.20 Å². The van der Waals surface area contributed by atoms with Gasteiger partial charge in [0, 0.05) is 18.7 Å². The number of pyridine rings is 1. The molecule has 7 heteroatoms. The minimum atomic E-state index is -4.86. The van der Waals surface area contributed by atoms with E-state index in [2.05, 4.69) is 4.98 Å². The van der Waals surface area contributed by atoms with E-state index in [0.29, 0.717) is 0 Å². The Labute approximate surface area is 94.2 Å². The molecule has 0 atom stereocenters. The van der Waals surface area contributed by atoms with Crippen LogP contribution in [0.25, 0.3) is 0 Å². The van der Waals surface area contributed by atoms with Gasteiger partial charge >= 0.3 is 6.18 Å². The van der Waals surface area contributed by atoms with E-state index in [1.807, 2.05) is 0 Å². The third-order valence-corrected chi connectivity index (χ3v) is 2.13. The van der Waals surface area contributed by atoms with E-state index in [4.69, 9.17) is 16.3 Å². The zero-order chi connectivity index (χ0) is 12.3. The molecule has 0 aliphatic heterocycles. The molecular weight excluding hydrogens is 247 g/mol. The van der Waals surface area contributed by atoms with Gasteiger partial charge in [0.25, 0.3) is 0 Å². The van der Waals surface area contributed by atoms with E-state index in [1.54, 1.807) is 0 Å². The highest BCUT2D eigenvalue weighted by atomic mass is 35.5. The van der Waals surface area contributed by atoms with Gasteiger partial charge in [-0.15, -0.1) is 0 Å². The van der Waals surface area contributed by atoms with Crippen molar-refractivity contribution in [1.29, 1.82) is 0 Å². The van der Waals surface area contributed by atoms with Crippen LogP contribution in [0.5, 0.6) is 5.88 Å². The van der Waals surface area contributed by atoms with E-state index in [9.17, 15) is 18.0 Å². The van der Waals surface area contributed by atoms with Gasteiger partial charge in [-0.2, -0.15) is 13.2 Å². The smallest absolute Gasteiger partial charge is 0.450 e. The number of methoxy groups -OCH3 is 1. The summed E-state index contributed by atoms with van der Waals surface area (Å²) in [6.45, 7) is 0. The van der Waals surface area contributed by atoms with Gasteiger partial charge in [0.1, 0.15) is 0 Å². The summed E-state index contributed by atoms with van der Waals surface area (Å²) in [5.41, 5.74) is 0.0378. The van der Waals surface area contributed by atoms with Crippen molar-refractivity contribution in [3.63, 3.8) is 0 Å². The Balaban J connectivity index is 2.92. The Morgan fingerprint density at radius 1 is 1.56 bits per heavy atom. The molecule has 16 heavy (non-hydrogen) atoms. The topological polar surface area (TPSA) is 39.2 Å². The molecule has 0 bridgehead atoms. The van der Waals surface area contributed by atoms with Gasteiger partial charge in [0.2, 0.25) is 11.7 Å². The molecule has 1 rings (SSSR count). The molecule has 0 unspecified atom stereocenters. The summed E-state index contributed by atoms with van der Waals surface area (Å²) in [6, 6.07) is 1.20. The van der Waals surface area contributed by atoms with Gasteiger partial charge in [0.05, 0.1) is 12.1 Å². The standard InChI is InChI=1S/C9H7ClF3NO2/c1-16-8-3-5(6(10)4-14-8)2-7(15)9(11,12)13/h3-4H,2H2,1H3. The Kier molecular flexibility index (Phi) is 3.74. The highest BCUT2D eigenvalue weighted by Gasteiger charge is 2.38. The number of carbonyl (C=O) groups excluding carboxylic acids is 1. The van der Waals surface area contributed by atoms with Gasteiger partial charge in [0.15, 0.2) is 0 Å². The number of carbonyl (C=O) groups is 1. The average Bonchev–Trinajstić information content (AvgIpc) is 2.19. The molecule has 1 aromatic heterocycles. The van der Waals surface area contributed by atoms with Crippen LogP contribution < -0.4 is 4.74 Å². The number of alkyl halides is 3. The van der Waals surface area contributed by atoms with Crippen molar-refractivity contribution in [2.45, 2.75) is 12.6 Å². The second-order valence-corrected chi connectivity index (χ2v) is 3.32. The molecule has 0 aromatic carbocycles. The van der Waals surface area contributed by atoms with Crippen LogP contribution in [-0.4, -0.2) is 24.1 Å². The van der Waals surface area contributed by atoms with Gasteiger partial charge in [-0.05, 0) is 5.56 Å². The Morgan fingerprint density at radius 2 is 2.19 bits per heavy atom. The van der Waals surface area contributed by atoms with Crippen LogP contribution >= 0.6 is 11.6 Å². The first-order chi connectivity index (χ1) is 7.34. The summed E-state index contributed by atoms with van der Waals surface area (Å²) in [5.74, 6) is -1.75. The van der Waals surface area contributed by atoms with Crippen molar-refractivity contribution in [1.82, 2.24) is 4.98 Å². The molecule has 0 radical (unpaired) electrons. The van der Waals surface area contributed by atoms with Crippen molar-refractivity contribution in [2.24, 2.45) is 0 Å². The van der Waals surface area contributed by atoms with Crippen molar-refractivity contribution in [3.8, 4) is 5.88 Å². The molecule has 3 nitrogen and oxygen atoms in total. The lowest BCUT2D eigenvalue weighted by molar-refractivity contribution is -0.170. The maximum absolute atomic E-state index is 12.0. The first-order valence-electron chi connectivity index (χ1n) is 4.13. The summed E-state index contributed by atoms with van der Waals surface area (Å²) in [5, 5.41) is -0.00148. The number of ether oxygens (including phenoxy) is 1. The molecule has 0 amide bonds. The average molecular weight is 254 g/mol. The summed E-state index contributed by atoms with van der Waals surface area (Å²) < 4.78 is 40.7. The number of nitrogens with zero attached hydrogens (tertiary/aromatic N) is 1. The fourth-order valence-corrected chi connectivity index (χ4v) is 1.15. The molecule has 0 saturated carbocycles. The molecule has 1 aromatic rings. The SMILES string of the molecule is COc1cc(CC(=O)C(F)(F)F)c(Cl)cn1. The molecule has 0 spiro atoms. The molecule has 88 valence electrons. The largest absolute Gasteiger partial charge is 0.481 e. The second-order valence-electron chi connectivity index (χ2n) is 2.92. The van der Waals surface area contributed by atoms with Gasteiger partial charge in [-0.3, -0.25) is 4.79 Å². The van der Waals surface area contributed by atoms with Crippen LogP contribution in [0.15, 0.2) is 12.3 Å². The van der Waals surface area contributed by atoms with Crippen LogP contribution in [0.4, 0.5) is 13.2 Å². The third kappa shape index (κ3) is 3.10. The predicted molar refractivity (Wildman–Crippen MR) is 50.6 cm³/mol. The Morgan fingerprint density at radius 3 is 2.69 bits per heavy atom. The first-order valence-corrected chi connectivity index (χ1v) is 4.51. The predicted octanol–water partition coefficient (Wildman–Crippen LogP) is 2.42. The second kappa shape index (κ2) is 4.69. The van der Waals surface area contributed by atoms with Crippen LogP contribution in [0.2, 0.25) is 5.02 Å². The van der Waals surface area contributed by atoms with E-state index < -0.39 is 18.4 Å². The highest BCUT2D eigenvalue weighted by Crippen LogP contribution is 2.24. The van der Waals surface area contributed by atoms with Crippen LogP contribution in [0.3, 0.4) is 0 Å². The molecule has 0 saturated heterocycles. The number of hydrogen-bond acceptors (Lipinski definition) is 3. The summed E-state index contributed by atoms with van der Waals surface area (Å²) in [6.07, 6.45) is -4.54. The third-order valence-electron chi connectivity index (χ3n) is 1.79. The molecule has 0 aliphatic rings. The fraction of sp³-hybridized carbons (Fsp3) is 0.333. The van der Waals surface area contributed by atoms with Crippen molar-refractivity contribution in [2.75, 3.05) is 7.11 Å². The maximum atomic E-state index is 12.0. The van der Waals surface area contributed by atoms with Gasteiger partial charge < -0.3 is 4.74 Å². The lowest BCUT2D eigenvalue weighted by Crippen LogP contribution is -2.24. The summed E-state index contributed by atoms with van der Waals surface area (Å²) in [4.78, 5) is 14.4. The number of rotatable bonds is 3. The fourth-order valence-electron chi connectivity index (χ4n) is 0.979. The first kappa shape index (κ1) is 12.8. The quantitative estimate of drug-likeness (QED) is 0.830. The molecule has 0 N–H and O–H groups in total. The highest BCUT2D eigenvalue weighted by molar-refractivity contribution is 6.31. The number of halogens is 4. The number of ketones is 1. The van der Waals surface area contributed by atoms with Crippen molar-refractivity contribution < 1.29 is 22.7 Å². The lowest BCUT2D eigenvalue weighted by Gasteiger charge is -2.07. The zero-order valence-electron chi connectivity index (χ0n) is 8.14. The summed E-state index contributed by atoms with van der Waals surface area (Å²) in [7, 11) is 1.31. The minimum Gasteiger partial charge on any atom is -0.481 e. The normalized spacial score (nSPS) is 11.3. The Bertz CT molecular complexity index is 406. The van der Waals surface area contributed by atoms with E-state index >= 15 is 0 Å². The van der Waals surface area contributed by atoms with Crippen molar-refractivity contribution >= 4 is 17.4 Å². The molecule has 0 fully saturated rings. The molecule has 0 aliphatic carbocycles. The minimum absolute atomic E-state index is 0.00148. The Hall–Kier alpha value is -1.30. The van der Waals surface area contributed by atoms with E-state index in [1.165, 1.54) is 13.2 Å². The maximum Gasteiger partial charge on any atom is 0.450 e. The number of Topliss-reactive ketones (excluding diaryl/α,β-unsaturated/α-hetero) is 1. The zero-order valence-corrected chi connectivity index (χ0v) is 8.89. The van der Waals surface area contributed by atoms with Gasteiger partial charge in [-0.1, -0.05) is 11.6 Å². The molecular formula is C9H7ClF3NO2. The van der Waals surface area contributed by atoms with Crippen molar-refractivity contribution in [3.05, 3.63) is 22.8 Å². The number of aromatic nitrogens is 1. The summed E-state index contributed by atoms with van der Waals surface area (Å²) >= 11 is 5.61. The van der Waals surface area contributed by atoms with Crippen LogP contribution in [0.1, 0.15) is 5.56 Å². The van der Waals surface area contributed by atoms with Gasteiger partial charge in [-0.25, -0.2) is 4.98 Å². The van der Waals surface area contributed by atoms with Crippen LogP contribution in [0, 0.1) is 0 Å². The number of hydrogen-bond donors (Lipinski definition) is 0. The van der Waals surface area contributed by atoms with Crippen LogP contribution in [-0.2, 0) is 11.2 Å².